The van der Waals surface area contributed by atoms with Gasteiger partial charge in [-0.25, -0.2) is 13.8 Å². The molecule has 20 heavy (non-hydrogen) atoms. The topological polar surface area (TPSA) is 57.8 Å². The average molecular weight is 279 g/mol. The van der Waals surface area contributed by atoms with Gasteiger partial charge >= 0.3 is 0 Å². The van der Waals surface area contributed by atoms with Crippen molar-refractivity contribution in [2.75, 3.05) is 11.9 Å². The van der Waals surface area contributed by atoms with Crippen molar-refractivity contribution in [3.8, 4) is 0 Å². The second-order valence-electron chi connectivity index (χ2n) is 4.39. The van der Waals surface area contributed by atoms with E-state index in [0.29, 0.717) is 36.6 Å². The first-order chi connectivity index (χ1) is 9.56. The number of hydrogen-bond acceptors (Lipinski definition) is 3. The number of halogens is 2. The van der Waals surface area contributed by atoms with Gasteiger partial charge in [-0.15, -0.1) is 0 Å². The summed E-state index contributed by atoms with van der Waals surface area (Å²) in [6, 6.07) is 4.76. The molecular formula is C14H15F2N3O. The highest BCUT2D eigenvalue weighted by molar-refractivity contribution is 5.33. The number of aromatic nitrogens is 2. The van der Waals surface area contributed by atoms with Crippen molar-refractivity contribution in [2.45, 2.75) is 19.8 Å². The third-order valence-electron chi connectivity index (χ3n) is 2.77. The number of nitrogens with one attached hydrogen (secondary N) is 2. The maximum Gasteiger partial charge on any atom is 0.252 e. The fourth-order valence-corrected chi connectivity index (χ4v) is 1.86. The lowest BCUT2D eigenvalue weighted by Gasteiger charge is -2.07. The molecule has 0 aliphatic heterocycles. The standard InChI is InChI=1S/C14H15F2N3O/c1-2-12-18-13(8-14(20)19-12)17-4-3-9-5-10(15)7-11(16)6-9/h5-8H,2-4H2,1H3,(H2,17,18,19,20). The predicted molar refractivity (Wildman–Crippen MR) is 72.8 cm³/mol. The fraction of sp³-hybridized carbons (Fsp3) is 0.286. The van der Waals surface area contributed by atoms with Crippen molar-refractivity contribution in [1.82, 2.24) is 9.97 Å². The summed E-state index contributed by atoms with van der Waals surface area (Å²) in [5.41, 5.74) is 0.326. The number of nitrogens with zero attached hydrogens (tertiary/aromatic N) is 1. The molecule has 0 spiro atoms. The van der Waals surface area contributed by atoms with Crippen LogP contribution in [0, 0.1) is 11.6 Å². The number of rotatable bonds is 5. The van der Waals surface area contributed by atoms with Crippen molar-refractivity contribution in [2.24, 2.45) is 0 Å². The van der Waals surface area contributed by atoms with Crippen molar-refractivity contribution in [1.29, 1.82) is 0 Å². The molecule has 0 unspecified atom stereocenters. The van der Waals surface area contributed by atoms with E-state index in [2.05, 4.69) is 15.3 Å². The summed E-state index contributed by atoms with van der Waals surface area (Å²) in [5.74, 6) is -0.135. The number of aromatic amines is 1. The maximum atomic E-state index is 13.0. The smallest absolute Gasteiger partial charge is 0.252 e. The third-order valence-corrected chi connectivity index (χ3v) is 2.77. The molecule has 1 aromatic heterocycles. The molecule has 1 aromatic carbocycles. The molecule has 0 amide bonds. The highest BCUT2D eigenvalue weighted by Crippen LogP contribution is 2.09. The molecule has 4 nitrogen and oxygen atoms in total. The molecule has 6 heteroatoms. The van der Waals surface area contributed by atoms with Gasteiger partial charge in [-0.1, -0.05) is 6.92 Å². The van der Waals surface area contributed by atoms with Crippen molar-refractivity contribution >= 4 is 5.82 Å². The number of hydrogen-bond donors (Lipinski definition) is 2. The second kappa shape index (κ2) is 6.27. The molecule has 0 bridgehead atoms. The summed E-state index contributed by atoms with van der Waals surface area (Å²) in [6.45, 7) is 2.32. The van der Waals surface area contributed by atoms with Crippen LogP contribution in [0.15, 0.2) is 29.1 Å². The monoisotopic (exact) mass is 279 g/mol. The molecule has 1 heterocycles. The first kappa shape index (κ1) is 14.2. The summed E-state index contributed by atoms with van der Waals surface area (Å²) in [6.07, 6.45) is 1.06. The zero-order valence-electron chi connectivity index (χ0n) is 11.0. The van der Waals surface area contributed by atoms with Crippen LogP contribution in [0.4, 0.5) is 14.6 Å². The van der Waals surface area contributed by atoms with E-state index in [4.69, 9.17) is 0 Å². The van der Waals surface area contributed by atoms with E-state index in [9.17, 15) is 13.6 Å². The van der Waals surface area contributed by atoms with Gasteiger partial charge in [0.1, 0.15) is 23.3 Å². The van der Waals surface area contributed by atoms with E-state index in [1.54, 1.807) is 0 Å². The SMILES string of the molecule is CCc1nc(NCCc2cc(F)cc(F)c2)cc(=O)[nH]1. The van der Waals surface area contributed by atoms with E-state index >= 15 is 0 Å². The molecule has 2 rings (SSSR count). The molecule has 2 aromatic rings. The minimum Gasteiger partial charge on any atom is -0.370 e. The molecule has 0 saturated heterocycles. The zero-order chi connectivity index (χ0) is 14.5. The summed E-state index contributed by atoms with van der Waals surface area (Å²) < 4.78 is 26.0. The molecular weight excluding hydrogens is 264 g/mol. The first-order valence-corrected chi connectivity index (χ1v) is 6.36. The summed E-state index contributed by atoms with van der Waals surface area (Å²) in [5, 5.41) is 2.97. The van der Waals surface area contributed by atoms with Gasteiger partial charge in [-0.05, 0) is 24.1 Å². The number of benzene rings is 1. The molecule has 0 aliphatic rings. The van der Waals surface area contributed by atoms with Gasteiger partial charge in [0.25, 0.3) is 5.56 Å². The highest BCUT2D eigenvalue weighted by atomic mass is 19.1. The van der Waals surface area contributed by atoms with Gasteiger partial charge in [-0.2, -0.15) is 0 Å². The van der Waals surface area contributed by atoms with Gasteiger partial charge < -0.3 is 10.3 Å². The van der Waals surface area contributed by atoms with Crippen LogP contribution in [0.25, 0.3) is 0 Å². The zero-order valence-corrected chi connectivity index (χ0v) is 11.0. The van der Waals surface area contributed by atoms with Crippen LogP contribution < -0.4 is 10.9 Å². The van der Waals surface area contributed by atoms with E-state index < -0.39 is 11.6 Å². The Morgan fingerprint density at radius 3 is 2.55 bits per heavy atom. The lowest BCUT2D eigenvalue weighted by molar-refractivity contribution is 0.580. The molecule has 0 fully saturated rings. The molecule has 106 valence electrons. The number of anilines is 1. The van der Waals surface area contributed by atoms with Crippen LogP contribution in [-0.2, 0) is 12.8 Å². The Labute approximate surface area is 114 Å². The van der Waals surface area contributed by atoms with Crippen LogP contribution >= 0.6 is 0 Å². The van der Waals surface area contributed by atoms with Crippen LogP contribution in [0.1, 0.15) is 18.3 Å². The van der Waals surface area contributed by atoms with E-state index in [0.717, 1.165) is 6.07 Å². The minimum atomic E-state index is -0.595. The molecule has 2 N–H and O–H groups in total. The molecule has 0 atom stereocenters. The second-order valence-corrected chi connectivity index (χ2v) is 4.39. The quantitative estimate of drug-likeness (QED) is 0.882. The first-order valence-electron chi connectivity index (χ1n) is 6.36. The van der Waals surface area contributed by atoms with Gasteiger partial charge in [0, 0.05) is 25.1 Å². The lowest BCUT2D eigenvalue weighted by Crippen LogP contribution is -2.14. The van der Waals surface area contributed by atoms with Gasteiger partial charge in [0.2, 0.25) is 0 Å². The van der Waals surface area contributed by atoms with Crippen LogP contribution in [0.2, 0.25) is 0 Å². The average Bonchev–Trinajstić information content (AvgIpc) is 2.37. The van der Waals surface area contributed by atoms with E-state index in [-0.39, 0.29) is 5.56 Å². The minimum absolute atomic E-state index is 0.226. The fourth-order valence-electron chi connectivity index (χ4n) is 1.86. The van der Waals surface area contributed by atoms with Crippen LogP contribution in [0.5, 0.6) is 0 Å². The molecule has 0 aliphatic carbocycles. The van der Waals surface area contributed by atoms with Crippen molar-refractivity contribution in [3.05, 3.63) is 57.6 Å². The van der Waals surface area contributed by atoms with Gasteiger partial charge in [0.05, 0.1) is 0 Å². The molecule has 0 saturated carbocycles. The predicted octanol–water partition coefficient (Wildman–Crippen LogP) is 2.27. The Morgan fingerprint density at radius 2 is 1.90 bits per heavy atom. The maximum absolute atomic E-state index is 13.0. The largest absolute Gasteiger partial charge is 0.370 e. The summed E-state index contributed by atoms with van der Waals surface area (Å²) in [4.78, 5) is 18.2. The Morgan fingerprint density at radius 1 is 1.20 bits per heavy atom. The Hall–Kier alpha value is -2.24. The Kier molecular flexibility index (Phi) is 4.45. The van der Waals surface area contributed by atoms with Gasteiger partial charge in [0.15, 0.2) is 0 Å². The number of H-pyrrole nitrogens is 1. The Bertz CT molecular complexity index is 635. The van der Waals surface area contributed by atoms with Crippen molar-refractivity contribution < 1.29 is 8.78 Å². The van der Waals surface area contributed by atoms with E-state index in [1.807, 2.05) is 6.92 Å². The highest BCUT2D eigenvalue weighted by Gasteiger charge is 2.02. The third kappa shape index (κ3) is 3.88. The Balaban J connectivity index is 1.99. The van der Waals surface area contributed by atoms with Crippen molar-refractivity contribution in [3.63, 3.8) is 0 Å². The normalized spacial score (nSPS) is 10.6. The summed E-state index contributed by atoms with van der Waals surface area (Å²) >= 11 is 0. The van der Waals surface area contributed by atoms with Crippen LogP contribution in [-0.4, -0.2) is 16.5 Å². The van der Waals surface area contributed by atoms with Crippen LogP contribution in [0.3, 0.4) is 0 Å². The van der Waals surface area contributed by atoms with Gasteiger partial charge in [-0.3, -0.25) is 4.79 Å². The number of aryl methyl sites for hydroxylation is 1. The summed E-state index contributed by atoms with van der Waals surface area (Å²) in [7, 11) is 0. The van der Waals surface area contributed by atoms with E-state index in [1.165, 1.54) is 18.2 Å². The molecule has 0 radical (unpaired) electrons. The lowest BCUT2D eigenvalue weighted by atomic mass is 10.1.